The fraction of sp³-hybridized carbons (Fsp3) is 0.355. The average Bonchev–Trinajstić information content (AvgIpc) is 3.63. The molecule has 4 aromatic rings. The molecule has 3 aromatic carbocycles. The first-order valence-corrected chi connectivity index (χ1v) is 13.7. The fourth-order valence-corrected chi connectivity index (χ4v) is 5.01. The minimum atomic E-state index is -0.846. The molecule has 0 unspecified atom stereocenters. The van der Waals surface area contributed by atoms with E-state index < -0.39 is 6.04 Å². The van der Waals surface area contributed by atoms with Crippen molar-refractivity contribution in [3.63, 3.8) is 0 Å². The molecule has 1 N–H and O–H groups in total. The van der Waals surface area contributed by atoms with Crippen molar-refractivity contribution in [1.29, 1.82) is 0 Å². The molecule has 208 valence electrons. The number of para-hydroxylation sites is 1. The lowest BCUT2D eigenvalue weighted by Crippen LogP contribution is -2.46. The van der Waals surface area contributed by atoms with Crippen LogP contribution in [0.15, 0.2) is 72.8 Å². The second-order valence-electron chi connectivity index (χ2n) is 10.5. The van der Waals surface area contributed by atoms with Crippen molar-refractivity contribution in [1.82, 2.24) is 25.2 Å². The van der Waals surface area contributed by atoms with Gasteiger partial charge in [0.05, 0.1) is 11.6 Å². The highest BCUT2D eigenvalue weighted by Gasteiger charge is 2.33. The van der Waals surface area contributed by atoms with Crippen molar-refractivity contribution in [3.05, 3.63) is 89.5 Å². The Morgan fingerprint density at radius 3 is 2.50 bits per heavy atom. The van der Waals surface area contributed by atoms with Crippen LogP contribution in [0, 0.1) is 6.92 Å². The number of benzene rings is 3. The van der Waals surface area contributed by atoms with Gasteiger partial charge in [-0.05, 0) is 55.2 Å². The quantitative estimate of drug-likeness (QED) is 0.328. The Labute approximate surface area is 234 Å². The monoisotopic (exact) mass is 540 g/mol. The van der Waals surface area contributed by atoms with E-state index in [1.807, 2.05) is 98.7 Å². The maximum absolute atomic E-state index is 14.1. The highest BCUT2D eigenvalue weighted by atomic mass is 16.5. The highest BCUT2D eigenvalue weighted by molar-refractivity contribution is 5.89. The molecule has 5 rings (SSSR count). The van der Waals surface area contributed by atoms with Gasteiger partial charge in [0.1, 0.15) is 18.1 Å². The molecule has 1 fully saturated rings. The van der Waals surface area contributed by atoms with Crippen molar-refractivity contribution >= 4 is 28.5 Å². The number of hydrogen-bond acceptors (Lipinski definition) is 6. The lowest BCUT2D eigenvalue weighted by molar-refractivity contribution is -0.142. The summed E-state index contributed by atoms with van der Waals surface area (Å²) in [6.07, 6.45) is 1.89. The number of nitrogens with zero attached hydrogens (tertiary/aromatic N) is 5. The number of carbonyl (C=O) groups is 2. The van der Waals surface area contributed by atoms with E-state index in [0.717, 1.165) is 40.7 Å². The molecule has 9 nitrogen and oxygen atoms in total. The summed E-state index contributed by atoms with van der Waals surface area (Å²) in [5.41, 5.74) is 5.28. The third-order valence-corrected chi connectivity index (χ3v) is 7.31. The Bertz CT molecular complexity index is 1440. The maximum atomic E-state index is 14.1. The van der Waals surface area contributed by atoms with Gasteiger partial charge in [0.15, 0.2) is 0 Å². The van der Waals surface area contributed by atoms with E-state index in [0.29, 0.717) is 18.7 Å². The number of nitrogens with one attached hydrogen (secondary N) is 1. The molecule has 0 saturated carbocycles. The van der Waals surface area contributed by atoms with Crippen molar-refractivity contribution in [2.24, 2.45) is 0 Å². The summed E-state index contributed by atoms with van der Waals surface area (Å²) in [5, 5.41) is 11.5. The van der Waals surface area contributed by atoms with Crippen LogP contribution in [0.2, 0.25) is 0 Å². The Balaban J connectivity index is 1.50. The number of ether oxygens (including phenoxy) is 1. The zero-order valence-electron chi connectivity index (χ0n) is 23.3. The topological polar surface area (TPSA) is 92.6 Å². The number of rotatable bonds is 10. The lowest BCUT2D eigenvalue weighted by atomic mass is 10.0. The van der Waals surface area contributed by atoms with Gasteiger partial charge in [-0.2, -0.15) is 0 Å². The standard InChI is InChI=1S/C31H36N6O3/c1-22-10-12-23(13-11-22)20-36(29(38)21-37-28-9-5-4-8-27(28)33-34-37)30(24-14-16-25(17-15-24)35(2)3)31(39)32-19-26-7-6-18-40-26/h4-5,8-17,26,30H,6-7,18-21H2,1-3H3,(H,32,39)/t26-,30-/m1/s1. The van der Waals surface area contributed by atoms with E-state index in [4.69, 9.17) is 4.74 Å². The molecule has 40 heavy (non-hydrogen) atoms. The van der Waals surface area contributed by atoms with Gasteiger partial charge in [0.25, 0.3) is 0 Å². The van der Waals surface area contributed by atoms with Gasteiger partial charge in [0.2, 0.25) is 11.8 Å². The summed E-state index contributed by atoms with van der Waals surface area (Å²) in [4.78, 5) is 31.7. The predicted molar refractivity (Wildman–Crippen MR) is 155 cm³/mol. The first-order chi connectivity index (χ1) is 19.4. The van der Waals surface area contributed by atoms with Crippen LogP contribution in [0.3, 0.4) is 0 Å². The first kappa shape index (κ1) is 27.3. The van der Waals surface area contributed by atoms with Crippen molar-refractivity contribution in [2.45, 2.75) is 45.0 Å². The molecule has 0 bridgehead atoms. The van der Waals surface area contributed by atoms with E-state index in [9.17, 15) is 9.59 Å². The fourth-order valence-electron chi connectivity index (χ4n) is 5.01. The lowest BCUT2D eigenvalue weighted by Gasteiger charge is -2.32. The van der Waals surface area contributed by atoms with Crippen LogP contribution in [-0.4, -0.2) is 65.1 Å². The van der Waals surface area contributed by atoms with Gasteiger partial charge in [-0.3, -0.25) is 9.59 Å². The number of hydrogen-bond donors (Lipinski definition) is 1. The number of carbonyl (C=O) groups excluding carboxylic acids is 2. The SMILES string of the molecule is Cc1ccc(CN(C(=O)Cn2nnc3ccccc32)[C@@H](C(=O)NC[C@H]2CCCO2)c2ccc(N(C)C)cc2)cc1. The second-order valence-corrected chi connectivity index (χ2v) is 10.5. The molecule has 1 aliphatic rings. The van der Waals surface area contributed by atoms with Crippen LogP contribution in [-0.2, 0) is 27.4 Å². The molecular formula is C31H36N6O3. The third-order valence-electron chi connectivity index (χ3n) is 7.31. The van der Waals surface area contributed by atoms with Gasteiger partial charge in [0, 0.05) is 39.5 Å². The van der Waals surface area contributed by atoms with Gasteiger partial charge < -0.3 is 19.9 Å². The largest absolute Gasteiger partial charge is 0.378 e. The number of anilines is 1. The predicted octanol–water partition coefficient (Wildman–Crippen LogP) is 3.87. The Morgan fingerprint density at radius 1 is 1.05 bits per heavy atom. The minimum absolute atomic E-state index is 0.0107. The number of aromatic nitrogens is 3. The van der Waals surface area contributed by atoms with E-state index >= 15 is 0 Å². The molecule has 2 heterocycles. The number of amides is 2. The smallest absolute Gasteiger partial charge is 0.247 e. The molecular weight excluding hydrogens is 504 g/mol. The third kappa shape index (κ3) is 6.31. The molecule has 0 aliphatic carbocycles. The van der Waals surface area contributed by atoms with Gasteiger partial charge in [-0.25, -0.2) is 4.68 Å². The Morgan fingerprint density at radius 2 is 1.80 bits per heavy atom. The van der Waals surface area contributed by atoms with Gasteiger partial charge in [-0.15, -0.1) is 5.10 Å². The molecule has 1 saturated heterocycles. The molecule has 2 atom stereocenters. The maximum Gasteiger partial charge on any atom is 0.247 e. The van der Waals surface area contributed by atoms with E-state index in [-0.39, 0.29) is 31.0 Å². The summed E-state index contributed by atoms with van der Waals surface area (Å²) in [6.45, 7) is 3.36. The van der Waals surface area contributed by atoms with Crippen LogP contribution < -0.4 is 10.2 Å². The highest BCUT2D eigenvalue weighted by Crippen LogP contribution is 2.27. The number of aryl methyl sites for hydroxylation is 1. The molecule has 1 aliphatic heterocycles. The molecule has 0 radical (unpaired) electrons. The average molecular weight is 541 g/mol. The van der Waals surface area contributed by atoms with Gasteiger partial charge >= 0.3 is 0 Å². The van der Waals surface area contributed by atoms with Crippen LogP contribution in [0.25, 0.3) is 11.0 Å². The number of fused-ring (bicyclic) bond motifs is 1. The summed E-state index contributed by atoms with van der Waals surface area (Å²) in [5.74, 6) is -0.470. The minimum Gasteiger partial charge on any atom is -0.378 e. The van der Waals surface area contributed by atoms with E-state index in [2.05, 4.69) is 15.6 Å². The second kappa shape index (κ2) is 12.3. The Kier molecular flexibility index (Phi) is 8.40. The summed E-state index contributed by atoms with van der Waals surface area (Å²) < 4.78 is 7.33. The summed E-state index contributed by atoms with van der Waals surface area (Å²) in [7, 11) is 3.94. The molecule has 2 amide bonds. The molecule has 0 spiro atoms. The van der Waals surface area contributed by atoms with E-state index in [1.54, 1.807) is 9.58 Å². The van der Waals surface area contributed by atoms with E-state index in [1.165, 1.54) is 0 Å². The summed E-state index contributed by atoms with van der Waals surface area (Å²) >= 11 is 0. The molecule has 1 aromatic heterocycles. The van der Waals surface area contributed by atoms with Crippen molar-refractivity contribution in [2.75, 3.05) is 32.1 Å². The first-order valence-electron chi connectivity index (χ1n) is 13.7. The van der Waals surface area contributed by atoms with Crippen LogP contribution in [0.1, 0.15) is 35.6 Å². The van der Waals surface area contributed by atoms with Crippen molar-refractivity contribution < 1.29 is 14.3 Å². The normalized spacial score (nSPS) is 15.6. The van der Waals surface area contributed by atoms with Crippen LogP contribution in [0.5, 0.6) is 0 Å². The van der Waals surface area contributed by atoms with Crippen molar-refractivity contribution in [3.8, 4) is 0 Å². The van der Waals surface area contributed by atoms with Crippen LogP contribution in [0.4, 0.5) is 5.69 Å². The molecule has 9 heteroatoms. The zero-order chi connectivity index (χ0) is 28.1. The summed E-state index contributed by atoms with van der Waals surface area (Å²) in [6, 6.07) is 22.5. The Hall–Kier alpha value is -4.24. The zero-order valence-corrected chi connectivity index (χ0v) is 23.3. The van der Waals surface area contributed by atoms with Gasteiger partial charge in [-0.1, -0.05) is 59.3 Å². The van der Waals surface area contributed by atoms with Crippen LogP contribution >= 0.6 is 0 Å².